The zero-order chi connectivity index (χ0) is 40.5. The average molecular weight is 767 g/mol. The molecule has 0 aliphatic heterocycles. The van der Waals surface area contributed by atoms with Gasteiger partial charge in [0, 0.05) is 10.8 Å². The number of rotatable bonds is 5. The fourth-order valence-electron chi connectivity index (χ4n) is 10.9. The minimum absolute atomic E-state index is 0.0522. The summed E-state index contributed by atoms with van der Waals surface area (Å²) in [6.07, 6.45) is 1.12. The maximum atomic E-state index is 6.96. The van der Waals surface area contributed by atoms with E-state index in [4.69, 9.17) is 9.40 Å². The van der Waals surface area contributed by atoms with Crippen LogP contribution in [-0.2, 0) is 10.8 Å². The van der Waals surface area contributed by atoms with Gasteiger partial charge in [-0.1, -0.05) is 134 Å². The Morgan fingerprint density at radius 1 is 0.559 bits per heavy atom. The van der Waals surface area contributed by atoms with Crippen molar-refractivity contribution in [2.45, 2.75) is 84.5 Å². The maximum absolute atomic E-state index is 6.96. The van der Waals surface area contributed by atoms with Crippen LogP contribution in [0.1, 0.15) is 95.9 Å². The highest BCUT2D eigenvalue weighted by molar-refractivity contribution is 6.17. The van der Waals surface area contributed by atoms with E-state index in [1.165, 1.54) is 71.4 Å². The summed E-state index contributed by atoms with van der Waals surface area (Å²) < 4.78 is 9.40. The van der Waals surface area contributed by atoms with Crippen LogP contribution in [0.15, 0.2) is 138 Å². The lowest BCUT2D eigenvalue weighted by Crippen LogP contribution is -2.34. The molecule has 1 aliphatic carbocycles. The summed E-state index contributed by atoms with van der Waals surface area (Å²) in [5.74, 6) is 1.40. The Balaban J connectivity index is 1.16. The lowest BCUT2D eigenvalue weighted by atomic mass is 9.61. The Labute approximate surface area is 346 Å². The highest BCUT2D eigenvalue weighted by atomic mass is 16.3. The number of benzene rings is 8. The molecule has 0 bridgehead atoms. The summed E-state index contributed by atoms with van der Waals surface area (Å²) in [5, 5.41) is 9.88. The van der Waals surface area contributed by atoms with E-state index in [9.17, 15) is 0 Å². The van der Waals surface area contributed by atoms with Crippen LogP contribution in [0.25, 0.3) is 93.5 Å². The lowest BCUT2D eigenvalue weighted by Gasteiger charge is -2.42. The molecule has 0 N–H and O–H groups in total. The quantitative estimate of drug-likeness (QED) is 0.163. The van der Waals surface area contributed by atoms with Crippen molar-refractivity contribution in [3.63, 3.8) is 0 Å². The van der Waals surface area contributed by atoms with Gasteiger partial charge in [-0.15, -0.1) is 0 Å². The second-order valence-electron chi connectivity index (χ2n) is 19.1. The second kappa shape index (κ2) is 12.7. The maximum Gasteiger partial charge on any atom is 0.149 e. The molecule has 0 saturated heterocycles. The molecule has 2 heterocycles. The van der Waals surface area contributed by atoms with Crippen LogP contribution in [0.3, 0.4) is 0 Å². The van der Waals surface area contributed by atoms with E-state index in [-0.39, 0.29) is 22.7 Å². The SMILES string of the molecule is CC(C)c1cc(-c2cc3c4c(cccc4c2)C(C)(C)CC3(C)C)cc(C(C)C)c1-n1c(-c2cccc3c2oc2cc4c(ccc5ccccc54)cc23)nc2ccccc21. The third-order valence-corrected chi connectivity index (χ3v) is 13.5. The van der Waals surface area contributed by atoms with Crippen molar-refractivity contribution in [1.29, 1.82) is 0 Å². The highest BCUT2D eigenvalue weighted by Crippen LogP contribution is 2.51. The number of hydrogen-bond acceptors (Lipinski definition) is 2. The standard InChI is InChI=1S/C56H50N2O/c1-32(2)42-27-38(37-25-36-16-13-20-46-51(36)47(29-37)56(7,8)31-55(46,5)6)28-43(33(3)4)52(42)58-49-22-12-11-21-48(49)57-54(58)41-19-14-18-40-45-26-35-24-23-34-15-9-10-17-39(34)44(35)30-50(45)59-53(40)41/h9-30,32-33H,31H2,1-8H3. The van der Waals surface area contributed by atoms with Gasteiger partial charge in [-0.25, -0.2) is 4.98 Å². The summed E-state index contributed by atoms with van der Waals surface area (Å²) in [7, 11) is 0. The van der Waals surface area contributed by atoms with Crippen molar-refractivity contribution in [2.24, 2.45) is 0 Å². The van der Waals surface area contributed by atoms with Crippen LogP contribution in [0, 0.1) is 0 Å². The van der Waals surface area contributed by atoms with Gasteiger partial charge >= 0.3 is 0 Å². The van der Waals surface area contributed by atoms with E-state index in [1.54, 1.807) is 0 Å². The largest absolute Gasteiger partial charge is 0.455 e. The predicted molar refractivity (Wildman–Crippen MR) is 251 cm³/mol. The molecular weight excluding hydrogens is 717 g/mol. The minimum atomic E-state index is 0.0522. The van der Waals surface area contributed by atoms with Gasteiger partial charge in [-0.3, -0.25) is 4.57 Å². The van der Waals surface area contributed by atoms with Crippen LogP contribution in [0.4, 0.5) is 0 Å². The molecule has 0 unspecified atom stereocenters. The number of imidazole rings is 1. The molecule has 0 atom stereocenters. The molecule has 3 heteroatoms. The molecule has 1 aliphatic rings. The van der Waals surface area contributed by atoms with Crippen molar-refractivity contribution in [2.75, 3.05) is 0 Å². The van der Waals surface area contributed by atoms with Crippen molar-refractivity contribution in [3.8, 4) is 28.2 Å². The lowest BCUT2D eigenvalue weighted by molar-refractivity contribution is 0.341. The first kappa shape index (κ1) is 35.9. The first-order valence-electron chi connectivity index (χ1n) is 21.4. The van der Waals surface area contributed by atoms with Gasteiger partial charge in [0.1, 0.15) is 17.0 Å². The van der Waals surface area contributed by atoms with Crippen LogP contribution in [-0.4, -0.2) is 9.55 Å². The summed E-state index contributed by atoms with van der Waals surface area (Å²) in [6.45, 7) is 19.0. The zero-order valence-corrected chi connectivity index (χ0v) is 35.4. The van der Waals surface area contributed by atoms with E-state index >= 15 is 0 Å². The molecule has 0 fully saturated rings. The highest BCUT2D eigenvalue weighted by Gasteiger charge is 2.39. The van der Waals surface area contributed by atoms with Gasteiger partial charge in [0.15, 0.2) is 0 Å². The Bertz CT molecular complexity index is 3340. The number of hydrogen-bond donors (Lipinski definition) is 0. The van der Waals surface area contributed by atoms with Gasteiger partial charge in [0.05, 0.1) is 22.3 Å². The normalized spacial score (nSPS) is 14.9. The fraction of sp³-hybridized carbons (Fsp3) is 0.232. The number of para-hydroxylation sites is 3. The van der Waals surface area contributed by atoms with E-state index < -0.39 is 0 Å². The molecule has 0 spiro atoms. The van der Waals surface area contributed by atoms with E-state index in [1.807, 2.05) is 0 Å². The first-order valence-corrected chi connectivity index (χ1v) is 21.4. The van der Waals surface area contributed by atoms with Crippen LogP contribution in [0.5, 0.6) is 0 Å². The summed E-state index contributed by atoms with van der Waals surface area (Å²) in [5.41, 5.74) is 14.3. The van der Waals surface area contributed by atoms with E-state index in [0.29, 0.717) is 0 Å². The first-order chi connectivity index (χ1) is 28.4. The molecule has 59 heavy (non-hydrogen) atoms. The molecule has 0 radical (unpaired) electrons. The van der Waals surface area contributed by atoms with Gasteiger partial charge in [0.2, 0.25) is 0 Å². The monoisotopic (exact) mass is 766 g/mol. The van der Waals surface area contributed by atoms with Gasteiger partial charge in [0.25, 0.3) is 0 Å². The molecule has 0 saturated carbocycles. The van der Waals surface area contributed by atoms with Gasteiger partial charge in [-0.05, 0) is 149 Å². The van der Waals surface area contributed by atoms with Crippen molar-refractivity contribution in [3.05, 3.63) is 156 Å². The topological polar surface area (TPSA) is 31.0 Å². The predicted octanol–water partition coefficient (Wildman–Crippen LogP) is 15.9. The van der Waals surface area contributed by atoms with Crippen LogP contribution >= 0.6 is 0 Å². The van der Waals surface area contributed by atoms with E-state index in [2.05, 4.69) is 193 Å². The summed E-state index contributed by atoms with van der Waals surface area (Å²) in [6, 6.07) is 49.5. The third-order valence-electron chi connectivity index (χ3n) is 13.5. The molecule has 2 aromatic heterocycles. The molecule has 8 aromatic carbocycles. The average Bonchev–Trinajstić information content (AvgIpc) is 3.79. The van der Waals surface area contributed by atoms with Crippen molar-refractivity contribution < 1.29 is 4.42 Å². The molecule has 0 amide bonds. The van der Waals surface area contributed by atoms with Crippen molar-refractivity contribution in [1.82, 2.24) is 9.55 Å². The second-order valence-corrected chi connectivity index (χ2v) is 19.1. The summed E-state index contributed by atoms with van der Waals surface area (Å²) >= 11 is 0. The zero-order valence-electron chi connectivity index (χ0n) is 35.4. The molecular formula is C56H50N2O. The van der Waals surface area contributed by atoms with Crippen LogP contribution in [0.2, 0.25) is 0 Å². The summed E-state index contributed by atoms with van der Waals surface area (Å²) in [4.78, 5) is 5.46. The molecule has 3 nitrogen and oxygen atoms in total. The van der Waals surface area contributed by atoms with Gasteiger partial charge < -0.3 is 4.42 Å². The molecule has 11 rings (SSSR count). The minimum Gasteiger partial charge on any atom is -0.455 e. The molecule has 290 valence electrons. The Hall–Kier alpha value is -6.19. The van der Waals surface area contributed by atoms with Crippen molar-refractivity contribution >= 4 is 65.3 Å². The Kier molecular flexibility index (Phi) is 7.71. The third kappa shape index (κ3) is 5.36. The van der Waals surface area contributed by atoms with Gasteiger partial charge in [-0.2, -0.15) is 0 Å². The van der Waals surface area contributed by atoms with E-state index in [0.717, 1.165) is 50.8 Å². The number of fused-ring (bicyclic) bond motifs is 7. The molecule has 10 aromatic rings. The number of aromatic nitrogens is 2. The number of nitrogens with zero attached hydrogens (tertiary/aromatic N) is 2. The van der Waals surface area contributed by atoms with Crippen LogP contribution < -0.4 is 0 Å². The Morgan fingerprint density at radius 2 is 1.22 bits per heavy atom. The smallest absolute Gasteiger partial charge is 0.149 e. The Morgan fingerprint density at radius 3 is 2.02 bits per heavy atom. The number of furan rings is 1. The fourth-order valence-corrected chi connectivity index (χ4v) is 10.9.